The van der Waals surface area contributed by atoms with Gasteiger partial charge in [0.15, 0.2) is 0 Å². The molecule has 2 aliphatic rings. The fourth-order valence-electron chi connectivity index (χ4n) is 4.14. The smallest absolute Gasteiger partial charge is 0.253 e. The average molecular weight is 368 g/mol. The zero-order valence-corrected chi connectivity index (χ0v) is 16.0. The van der Waals surface area contributed by atoms with Gasteiger partial charge in [-0.15, -0.1) is 0 Å². The predicted octanol–water partition coefficient (Wildman–Crippen LogP) is 4.00. The number of H-pyrrole nitrogens is 1. The lowest BCUT2D eigenvalue weighted by molar-refractivity contribution is -0.137. The SMILES string of the molecule is CCOc1ccc2[nH]c(=O)c(CN(C(=O)C3CCCCC3)C3CC3)cc2c1. The second-order valence-corrected chi connectivity index (χ2v) is 7.84. The van der Waals surface area contributed by atoms with Crippen LogP contribution < -0.4 is 10.3 Å². The average Bonchev–Trinajstić information content (AvgIpc) is 3.52. The minimum Gasteiger partial charge on any atom is -0.494 e. The number of aromatic amines is 1. The minimum absolute atomic E-state index is 0.103. The molecule has 0 spiro atoms. The molecule has 5 nitrogen and oxygen atoms in total. The maximum absolute atomic E-state index is 13.1. The van der Waals surface area contributed by atoms with Crippen molar-refractivity contribution in [3.05, 3.63) is 40.2 Å². The largest absolute Gasteiger partial charge is 0.494 e. The van der Waals surface area contributed by atoms with Gasteiger partial charge >= 0.3 is 0 Å². The van der Waals surface area contributed by atoms with Crippen molar-refractivity contribution in [1.29, 1.82) is 0 Å². The van der Waals surface area contributed by atoms with Crippen LogP contribution in [0.5, 0.6) is 5.75 Å². The number of hydrogen-bond acceptors (Lipinski definition) is 3. The van der Waals surface area contributed by atoms with Gasteiger partial charge in [-0.3, -0.25) is 9.59 Å². The molecule has 1 heterocycles. The summed E-state index contributed by atoms with van der Waals surface area (Å²) in [5.74, 6) is 1.18. The summed E-state index contributed by atoms with van der Waals surface area (Å²) in [7, 11) is 0. The van der Waals surface area contributed by atoms with Crippen molar-refractivity contribution >= 4 is 16.8 Å². The Morgan fingerprint density at radius 2 is 1.93 bits per heavy atom. The third-order valence-corrected chi connectivity index (χ3v) is 5.77. The molecular weight excluding hydrogens is 340 g/mol. The lowest BCUT2D eigenvalue weighted by Gasteiger charge is -2.29. The lowest BCUT2D eigenvalue weighted by atomic mass is 9.88. The molecule has 0 atom stereocenters. The molecule has 0 bridgehead atoms. The summed E-state index contributed by atoms with van der Waals surface area (Å²) in [5.41, 5.74) is 1.35. The van der Waals surface area contributed by atoms with E-state index < -0.39 is 0 Å². The van der Waals surface area contributed by atoms with Crippen molar-refractivity contribution in [3.8, 4) is 5.75 Å². The van der Waals surface area contributed by atoms with E-state index in [1.807, 2.05) is 36.1 Å². The molecule has 1 amide bonds. The standard InChI is InChI=1S/C22H28N2O3/c1-2-27-19-10-11-20-16(13-19)12-17(21(25)23-20)14-24(18-8-9-18)22(26)15-6-4-3-5-7-15/h10-13,15,18H,2-9,14H2,1H3,(H,23,25). The van der Waals surface area contributed by atoms with Gasteiger partial charge in [0.2, 0.25) is 5.91 Å². The van der Waals surface area contributed by atoms with Crippen LogP contribution in [0.25, 0.3) is 10.9 Å². The second-order valence-electron chi connectivity index (χ2n) is 7.84. The van der Waals surface area contributed by atoms with Crippen LogP contribution in [0.2, 0.25) is 0 Å². The maximum Gasteiger partial charge on any atom is 0.253 e. The molecular formula is C22H28N2O3. The number of carbonyl (C=O) groups is 1. The Hall–Kier alpha value is -2.30. The van der Waals surface area contributed by atoms with Gasteiger partial charge in [0.05, 0.1) is 13.2 Å². The number of benzene rings is 1. The van der Waals surface area contributed by atoms with Crippen LogP contribution in [0.4, 0.5) is 0 Å². The molecule has 0 unspecified atom stereocenters. The summed E-state index contributed by atoms with van der Waals surface area (Å²) in [4.78, 5) is 30.6. The highest BCUT2D eigenvalue weighted by Gasteiger charge is 2.36. The highest BCUT2D eigenvalue weighted by Crippen LogP contribution is 2.33. The van der Waals surface area contributed by atoms with E-state index in [2.05, 4.69) is 4.98 Å². The van der Waals surface area contributed by atoms with Crippen LogP contribution in [0.15, 0.2) is 29.1 Å². The Labute approximate surface area is 159 Å². The summed E-state index contributed by atoms with van der Waals surface area (Å²) in [5, 5.41) is 0.941. The molecule has 0 saturated heterocycles. The monoisotopic (exact) mass is 368 g/mol. The molecule has 1 aromatic heterocycles. The van der Waals surface area contributed by atoms with Crippen LogP contribution in [-0.2, 0) is 11.3 Å². The van der Waals surface area contributed by atoms with Crippen LogP contribution in [0, 0.1) is 5.92 Å². The number of pyridine rings is 1. The van der Waals surface area contributed by atoms with E-state index in [-0.39, 0.29) is 17.4 Å². The molecule has 2 aromatic rings. The van der Waals surface area contributed by atoms with E-state index in [9.17, 15) is 9.59 Å². The molecule has 2 saturated carbocycles. The van der Waals surface area contributed by atoms with Crippen molar-refractivity contribution in [3.63, 3.8) is 0 Å². The fourth-order valence-corrected chi connectivity index (χ4v) is 4.14. The van der Waals surface area contributed by atoms with Gasteiger partial charge in [-0.2, -0.15) is 0 Å². The van der Waals surface area contributed by atoms with E-state index in [0.717, 1.165) is 55.2 Å². The summed E-state index contributed by atoms with van der Waals surface area (Å²) < 4.78 is 5.57. The van der Waals surface area contributed by atoms with Crippen LogP contribution >= 0.6 is 0 Å². The molecule has 2 fully saturated rings. The molecule has 1 N–H and O–H groups in total. The predicted molar refractivity (Wildman–Crippen MR) is 106 cm³/mol. The maximum atomic E-state index is 13.1. The van der Waals surface area contributed by atoms with E-state index in [4.69, 9.17) is 4.74 Å². The third kappa shape index (κ3) is 4.02. The number of ether oxygens (including phenoxy) is 1. The van der Waals surface area contributed by atoms with Gasteiger partial charge in [-0.25, -0.2) is 0 Å². The van der Waals surface area contributed by atoms with Gasteiger partial charge in [0, 0.05) is 28.4 Å². The first-order chi connectivity index (χ1) is 13.2. The number of amides is 1. The number of hydrogen-bond donors (Lipinski definition) is 1. The van der Waals surface area contributed by atoms with Crippen molar-refractivity contribution < 1.29 is 9.53 Å². The molecule has 27 heavy (non-hydrogen) atoms. The Balaban J connectivity index is 1.60. The first kappa shape index (κ1) is 18.1. The second kappa shape index (κ2) is 7.75. The van der Waals surface area contributed by atoms with E-state index in [1.54, 1.807) is 0 Å². The minimum atomic E-state index is -0.103. The van der Waals surface area contributed by atoms with E-state index in [0.29, 0.717) is 24.8 Å². The molecule has 0 radical (unpaired) electrons. The number of fused-ring (bicyclic) bond motifs is 1. The summed E-state index contributed by atoms with van der Waals surface area (Å²) in [6.45, 7) is 2.96. The summed E-state index contributed by atoms with van der Waals surface area (Å²) >= 11 is 0. The zero-order valence-electron chi connectivity index (χ0n) is 16.0. The number of carbonyl (C=O) groups excluding carboxylic acids is 1. The number of nitrogens with zero attached hydrogens (tertiary/aromatic N) is 1. The molecule has 4 rings (SSSR count). The van der Waals surface area contributed by atoms with Gasteiger partial charge in [-0.1, -0.05) is 19.3 Å². The summed E-state index contributed by atoms with van der Waals surface area (Å²) in [6.07, 6.45) is 7.62. The zero-order chi connectivity index (χ0) is 18.8. The topological polar surface area (TPSA) is 62.4 Å². The first-order valence-electron chi connectivity index (χ1n) is 10.2. The fraction of sp³-hybridized carbons (Fsp3) is 0.545. The first-order valence-corrected chi connectivity index (χ1v) is 10.2. The van der Waals surface area contributed by atoms with Crippen LogP contribution in [0.1, 0.15) is 57.4 Å². The van der Waals surface area contributed by atoms with Crippen molar-refractivity contribution in [2.45, 2.75) is 64.5 Å². The van der Waals surface area contributed by atoms with E-state index >= 15 is 0 Å². The lowest BCUT2D eigenvalue weighted by Crippen LogP contribution is -2.39. The highest BCUT2D eigenvalue weighted by atomic mass is 16.5. The Morgan fingerprint density at radius 1 is 1.15 bits per heavy atom. The normalized spacial score (nSPS) is 17.8. The Bertz CT molecular complexity index is 879. The number of aromatic nitrogens is 1. The molecule has 5 heteroatoms. The molecule has 0 aliphatic heterocycles. The molecule has 2 aliphatic carbocycles. The van der Waals surface area contributed by atoms with Crippen molar-refractivity contribution in [2.24, 2.45) is 5.92 Å². The van der Waals surface area contributed by atoms with Crippen LogP contribution in [-0.4, -0.2) is 28.4 Å². The van der Waals surface area contributed by atoms with E-state index in [1.165, 1.54) is 6.42 Å². The van der Waals surface area contributed by atoms with Gasteiger partial charge in [-0.05, 0) is 56.9 Å². The quantitative estimate of drug-likeness (QED) is 0.838. The van der Waals surface area contributed by atoms with Gasteiger partial charge < -0.3 is 14.6 Å². The summed E-state index contributed by atoms with van der Waals surface area (Å²) in [6, 6.07) is 7.91. The molecule has 144 valence electrons. The van der Waals surface area contributed by atoms with Crippen molar-refractivity contribution in [1.82, 2.24) is 9.88 Å². The Morgan fingerprint density at radius 3 is 2.63 bits per heavy atom. The number of rotatable bonds is 6. The Kier molecular flexibility index (Phi) is 5.19. The van der Waals surface area contributed by atoms with Gasteiger partial charge in [0.1, 0.15) is 5.75 Å². The molecule has 1 aromatic carbocycles. The van der Waals surface area contributed by atoms with Crippen LogP contribution in [0.3, 0.4) is 0 Å². The third-order valence-electron chi connectivity index (χ3n) is 5.77. The van der Waals surface area contributed by atoms with Gasteiger partial charge in [0.25, 0.3) is 5.56 Å². The highest BCUT2D eigenvalue weighted by molar-refractivity contribution is 5.81. The van der Waals surface area contributed by atoms with Crippen molar-refractivity contribution in [2.75, 3.05) is 6.61 Å². The number of nitrogens with one attached hydrogen (secondary N) is 1.